The third kappa shape index (κ3) is 3.62. The normalized spacial score (nSPS) is 10.7. The Balaban J connectivity index is 2.33. The summed E-state index contributed by atoms with van der Waals surface area (Å²) in [6, 6.07) is 14.4. The first-order valence-corrected chi connectivity index (χ1v) is 8.59. The smallest absolute Gasteiger partial charge is 0.120 e. The number of benzene rings is 3. The first kappa shape index (κ1) is 19.2. The predicted octanol–water partition coefficient (Wildman–Crippen LogP) is 4.01. The summed E-state index contributed by atoms with van der Waals surface area (Å²) in [4.78, 5) is 0. The van der Waals surface area contributed by atoms with Gasteiger partial charge < -0.3 is 29.5 Å². The van der Waals surface area contributed by atoms with E-state index in [-0.39, 0.29) is 17.2 Å². The Morgan fingerprint density at radius 3 is 1.07 bits per heavy atom. The Kier molecular flexibility index (Phi) is 5.49. The van der Waals surface area contributed by atoms with E-state index in [4.69, 9.17) is 14.2 Å². The second-order valence-corrected chi connectivity index (χ2v) is 6.21. The number of aromatic hydroxyl groups is 3. The Labute approximate surface area is 163 Å². The summed E-state index contributed by atoms with van der Waals surface area (Å²) in [7, 11) is 4.58. The van der Waals surface area contributed by atoms with Crippen LogP contribution in [0.2, 0.25) is 0 Å². The summed E-state index contributed by atoms with van der Waals surface area (Å²) in [5, 5.41) is 31.7. The van der Waals surface area contributed by atoms with Crippen LogP contribution in [0, 0.1) is 0 Å². The van der Waals surface area contributed by atoms with Crippen LogP contribution in [0.4, 0.5) is 0 Å². The van der Waals surface area contributed by atoms with E-state index in [0.717, 1.165) is 0 Å². The maximum Gasteiger partial charge on any atom is 0.120 e. The van der Waals surface area contributed by atoms with E-state index in [0.29, 0.717) is 33.9 Å². The van der Waals surface area contributed by atoms with Crippen molar-refractivity contribution >= 4 is 0 Å². The fourth-order valence-electron chi connectivity index (χ4n) is 3.17. The Morgan fingerprint density at radius 2 is 0.821 bits per heavy atom. The number of hydrogen-bond donors (Lipinski definition) is 3. The standard InChI is InChI=1S/C22H22O6/c1-26-13-4-7-19(23)16(10-13)22(17-11-14(27-2)5-8-20(17)24)18-12-15(28-3)6-9-21(18)25/h4-12,22-25H,1-3H3. The molecular formula is C22H22O6. The van der Waals surface area contributed by atoms with E-state index in [2.05, 4.69) is 0 Å². The minimum Gasteiger partial charge on any atom is -0.508 e. The molecule has 0 saturated carbocycles. The molecule has 0 spiro atoms. The lowest BCUT2D eigenvalue weighted by Gasteiger charge is -2.23. The largest absolute Gasteiger partial charge is 0.508 e. The molecule has 6 nitrogen and oxygen atoms in total. The molecule has 3 aromatic carbocycles. The van der Waals surface area contributed by atoms with E-state index in [1.165, 1.54) is 39.5 Å². The molecule has 0 aromatic heterocycles. The average molecular weight is 382 g/mol. The van der Waals surface area contributed by atoms with Gasteiger partial charge in [-0.1, -0.05) is 0 Å². The second-order valence-electron chi connectivity index (χ2n) is 6.21. The number of rotatable bonds is 6. The van der Waals surface area contributed by atoms with Crippen LogP contribution in [0.1, 0.15) is 22.6 Å². The van der Waals surface area contributed by atoms with Crippen molar-refractivity contribution in [2.45, 2.75) is 5.92 Å². The highest BCUT2D eigenvalue weighted by molar-refractivity contribution is 5.59. The van der Waals surface area contributed by atoms with Crippen LogP contribution in [0.25, 0.3) is 0 Å². The lowest BCUT2D eigenvalue weighted by molar-refractivity contribution is 0.405. The van der Waals surface area contributed by atoms with Crippen LogP contribution in [-0.4, -0.2) is 36.6 Å². The quantitative estimate of drug-likeness (QED) is 0.558. The third-order valence-electron chi connectivity index (χ3n) is 4.64. The number of hydrogen-bond acceptors (Lipinski definition) is 6. The predicted molar refractivity (Wildman–Crippen MR) is 105 cm³/mol. The SMILES string of the molecule is COc1ccc(O)c(C(c2cc(OC)ccc2O)c2cc(OC)ccc2O)c1. The van der Waals surface area contributed by atoms with Gasteiger partial charge in [-0.25, -0.2) is 0 Å². The molecule has 0 fully saturated rings. The zero-order chi connectivity index (χ0) is 20.3. The molecule has 0 aliphatic carbocycles. The van der Waals surface area contributed by atoms with E-state index >= 15 is 0 Å². The molecule has 0 aliphatic heterocycles. The van der Waals surface area contributed by atoms with E-state index in [1.807, 2.05) is 0 Å². The average Bonchev–Trinajstić information content (AvgIpc) is 2.72. The molecule has 0 amide bonds. The topological polar surface area (TPSA) is 88.4 Å². The van der Waals surface area contributed by atoms with Crippen molar-refractivity contribution in [1.82, 2.24) is 0 Å². The Morgan fingerprint density at radius 1 is 0.536 bits per heavy atom. The monoisotopic (exact) mass is 382 g/mol. The van der Waals surface area contributed by atoms with Crippen LogP contribution < -0.4 is 14.2 Å². The molecule has 28 heavy (non-hydrogen) atoms. The Bertz CT molecular complexity index is 856. The summed E-state index contributed by atoms with van der Waals surface area (Å²) in [5.41, 5.74) is 1.35. The van der Waals surface area contributed by atoms with Crippen LogP contribution >= 0.6 is 0 Å². The molecule has 3 aromatic rings. The molecule has 0 bridgehead atoms. The van der Waals surface area contributed by atoms with Gasteiger partial charge >= 0.3 is 0 Å². The van der Waals surface area contributed by atoms with Crippen molar-refractivity contribution in [2.24, 2.45) is 0 Å². The van der Waals surface area contributed by atoms with Crippen LogP contribution in [0.15, 0.2) is 54.6 Å². The van der Waals surface area contributed by atoms with E-state index in [9.17, 15) is 15.3 Å². The van der Waals surface area contributed by atoms with Gasteiger partial charge in [0, 0.05) is 22.6 Å². The number of methoxy groups -OCH3 is 3. The van der Waals surface area contributed by atoms with Crippen molar-refractivity contribution in [3.8, 4) is 34.5 Å². The molecule has 0 aliphatic rings. The van der Waals surface area contributed by atoms with Crippen molar-refractivity contribution in [2.75, 3.05) is 21.3 Å². The zero-order valence-electron chi connectivity index (χ0n) is 15.8. The van der Waals surface area contributed by atoms with Gasteiger partial charge in [-0.3, -0.25) is 0 Å². The maximum absolute atomic E-state index is 10.6. The summed E-state index contributed by atoms with van der Waals surface area (Å²) >= 11 is 0. The minimum absolute atomic E-state index is 0.00441. The molecule has 146 valence electrons. The van der Waals surface area contributed by atoms with Gasteiger partial charge in [0.2, 0.25) is 0 Å². The van der Waals surface area contributed by atoms with Gasteiger partial charge in [0.15, 0.2) is 0 Å². The highest BCUT2D eigenvalue weighted by atomic mass is 16.5. The summed E-state index contributed by atoms with van der Waals surface area (Å²) in [6.45, 7) is 0. The van der Waals surface area contributed by atoms with Gasteiger partial charge in [0.1, 0.15) is 34.5 Å². The minimum atomic E-state index is -0.708. The van der Waals surface area contributed by atoms with E-state index in [1.54, 1.807) is 36.4 Å². The van der Waals surface area contributed by atoms with E-state index < -0.39 is 5.92 Å². The number of phenols is 3. The maximum atomic E-state index is 10.6. The zero-order valence-corrected chi connectivity index (χ0v) is 15.8. The molecule has 0 unspecified atom stereocenters. The molecule has 0 saturated heterocycles. The Hall–Kier alpha value is -3.54. The lowest BCUT2D eigenvalue weighted by Crippen LogP contribution is -2.06. The fraction of sp³-hybridized carbons (Fsp3) is 0.182. The highest BCUT2D eigenvalue weighted by Gasteiger charge is 2.27. The summed E-state index contributed by atoms with van der Waals surface area (Å²) in [6.07, 6.45) is 0. The number of ether oxygens (including phenoxy) is 3. The van der Waals surface area contributed by atoms with Crippen molar-refractivity contribution in [3.63, 3.8) is 0 Å². The molecule has 6 heteroatoms. The summed E-state index contributed by atoms with van der Waals surface area (Å²) < 4.78 is 15.9. The molecule has 0 heterocycles. The first-order valence-electron chi connectivity index (χ1n) is 8.59. The molecule has 0 radical (unpaired) electrons. The molecule has 3 rings (SSSR count). The molecular weight excluding hydrogens is 360 g/mol. The lowest BCUT2D eigenvalue weighted by atomic mass is 9.83. The van der Waals surface area contributed by atoms with Gasteiger partial charge in [-0.05, 0) is 54.6 Å². The van der Waals surface area contributed by atoms with Gasteiger partial charge in [-0.15, -0.1) is 0 Å². The van der Waals surface area contributed by atoms with Crippen molar-refractivity contribution in [3.05, 3.63) is 71.3 Å². The first-order chi connectivity index (χ1) is 13.5. The number of phenolic OH excluding ortho intramolecular Hbond substituents is 3. The summed E-state index contributed by atoms with van der Waals surface area (Å²) in [5.74, 6) is 0.869. The van der Waals surface area contributed by atoms with Gasteiger partial charge in [-0.2, -0.15) is 0 Å². The van der Waals surface area contributed by atoms with Gasteiger partial charge in [0.25, 0.3) is 0 Å². The van der Waals surface area contributed by atoms with Crippen LogP contribution in [0.3, 0.4) is 0 Å². The fourth-order valence-corrected chi connectivity index (χ4v) is 3.17. The third-order valence-corrected chi connectivity index (χ3v) is 4.64. The van der Waals surface area contributed by atoms with Gasteiger partial charge in [0.05, 0.1) is 21.3 Å². The molecule has 3 N–H and O–H groups in total. The van der Waals surface area contributed by atoms with Crippen molar-refractivity contribution in [1.29, 1.82) is 0 Å². The van der Waals surface area contributed by atoms with Crippen molar-refractivity contribution < 1.29 is 29.5 Å². The molecule has 0 atom stereocenters. The second kappa shape index (κ2) is 8.00. The van der Waals surface area contributed by atoms with Crippen LogP contribution in [0.5, 0.6) is 34.5 Å². The van der Waals surface area contributed by atoms with Crippen LogP contribution in [-0.2, 0) is 0 Å². The highest BCUT2D eigenvalue weighted by Crippen LogP contribution is 2.46.